The highest BCUT2D eigenvalue weighted by Gasteiger charge is 2.43. The largest absolute Gasteiger partial charge is 0.476 e. The third-order valence-corrected chi connectivity index (χ3v) is 2.55. The lowest BCUT2D eigenvalue weighted by Gasteiger charge is -2.04. The molecule has 0 radical (unpaired) electrons. The fourth-order valence-corrected chi connectivity index (χ4v) is 1.45. The molecule has 1 fully saturated rings. The molecule has 6 heteroatoms. The van der Waals surface area contributed by atoms with Crippen LogP contribution in [0.25, 0.3) is 0 Å². The molecule has 0 unspecified atom stereocenters. The molecular weight excluding hydrogens is 196 g/mol. The molecule has 15 heavy (non-hydrogen) atoms. The van der Waals surface area contributed by atoms with E-state index in [1.165, 1.54) is 10.9 Å². The Bertz CT molecular complexity index is 453. The van der Waals surface area contributed by atoms with Crippen LogP contribution >= 0.6 is 0 Å². The minimum atomic E-state index is -1.15. The van der Waals surface area contributed by atoms with Gasteiger partial charge in [-0.1, -0.05) is 0 Å². The van der Waals surface area contributed by atoms with Crippen molar-refractivity contribution in [3.63, 3.8) is 0 Å². The quantitative estimate of drug-likeness (QED) is 0.747. The summed E-state index contributed by atoms with van der Waals surface area (Å²) < 4.78 is 1.44. The van der Waals surface area contributed by atoms with Crippen LogP contribution in [0.15, 0.2) is 6.20 Å². The molecule has 6 nitrogen and oxygen atoms in total. The van der Waals surface area contributed by atoms with Gasteiger partial charge in [0.25, 0.3) is 0 Å². The molecule has 1 aliphatic rings. The van der Waals surface area contributed by atoms with Gasteiger partial charge in [0.1, 0.15) is 0 Å². The number of carbonyl (C=O) groups is 1. The van der Waals surface area contributed by atoms with Crippen LogP contribution in [0.4, 0.5) is 5.69 Å². The summed E-state index contributed by atoms with van der Waals surface area (Å²) in [6.45, 7) is 0.418. The molecule has 1 aromatic rings. The summed E-state index contributed by atoms with van der Waals surface area (Å²) in [7, 11) is 0. The molecule has 0 amide bonds. The Kier molecular flexibility index (Phi) is 1.89. The number of rotatable bonds is 3. The molecule has 78 valence electrons. The summed E-state index contributed by atoms with van der Waals surface area (Å²) in [4.78, 5) is 10.7. The average molecular weight is 206 g/mol. The number of nitriles is 1. The van der Waals surface area contributed by atoms with E-state index in [9.17, 15) is 4.79 Å². The van der Waals surface area contributed by atoms with Crippen molar-refractivity contribution >= 4 is 11.7 Å². The molecule has 0 atom stereocenters. The van der Waals surface area contributed by atoms with E-state index in [1.807, 2.05) is 0 Å². The zero-order valence-corrected chi connectivity index (χ0v) is 7.97. The maximum atomic E-state index is 10.7. The van der Waals surface area contributed by atoms with Crippen LogP contribution in [0.2, 0.25) is 0 Å². The number of hydrogen-bond acceptors (Lipinski definition) is 4. The van der Waals surface area contributed by atoms with Crippen molar-refractivity contribution in [2.75, 3.05) is 5.73 Å². The van der Waals surface area contributed by atoms with Gasteiger partial charge in [0.15, 0.2) is 5.69 Å². The van der Waals surface area contributed by atoms with E-state index in [4.69, 9.17) is 16.1 Å². The van der Waals surface area contributed by atoms with Gasteiger partial charge in [-0.3, -0.25) is 4.68 Å². The Hall–Kier alpha value is -2.03. The van der Waals surface area contributed by atoms with E-state index in [1.54, 1.807) is 0 Å². The summed E-state index contributed by atoms with van der Waals surface area (Å²) in [5, 5.41) is 21.4. The zero-order valence-electron chi connectivity index (χ0n) is 7.97. The molecular formula is C9H10N4O2. The van der Waals surface area contributed by atoms with Crippen molar-refractivity contribution in [1.82, 2.24) is 9.78 Å². The van der Waals surface area contributed by atoms with Gasteiger partial charge in [0, 0.05) is 6.20 Å². The molecule has 1 heterocycles. The van der Waals surface area contributed by atoms with Gasteiger partial charge in [-0.25, -0.2) is 4.79 Å². The average Bonchev–Trinajstić information content (AvgIpc) is 2.84. The molecule has 0 aliphatic heterocycles. The van der Waals surface area contributed by atoms with Gasteiger partial charge in [-0.2, -0.15) is 10.4 Å². The fraction of sp³-hybridized carbons (Fsp3) is 0.444. The molecule has 3 N–H and O–H groups in total. The Balaban J connectivity index is 2.21. The van der Waals surface area contributed by atoms with Gasteiger partial charge >= 0.3 is 5.97 Å². The van der Waals surface area contributed by atoms with Crippen molar-refractivity contribution in [3.8, 4) is 6.07 Å². The molecule has 1 saturated carbocycles. The number of nitrogens with two attached hydrogens (primary N) is 1. The van der Waals surface area contributed by atoms with E-state index in [-0.39, 0.29) is 16.8 Å². The van der Waals surface area contributed by atoms with Crippen LogP contribution in [0, 0.1) is 16.7 Å². The molecule has 1 aromatic heterocycles. The summed E-state index contributed by atoms with van der Waals surface area (Å²) in [6.07, 6.45) is 3.14. The van der Waals surface area contributed by atoms with Crippen LogP contribution in [0.5, 0.6) is 0 Å². The smallest absolute Gasteiger partial charge is 0.358 e. The minimum Gasteiger partial charge on any atom is -0.476 e. The van der Waals surface area contributed by atoms with Crippen molar-refractivity contribution in [1.29, 1.82) is 5.26 Å². The molecule has 0 bridgehead atoms. The fourth-order valence-electron chi connectivity index (χ4n) is 1.45. The summed E-state index contributed by atoms with van der Waals surface area (Å²) in [5.41, 5.74) is 5.11. The second-order valence-corrected chi connectivity index (χ2v) is 3.83. The molecule has 2 rings (SSSR count). The van der Waals surface area contributed by atoms with Gasteiger partial charge in [0.2, 0.25) is 0 Å². The Labute approximate surface area is 85.9 Å². The number of carboxylic acid groups (broad SMARTS) is 1. The Morgan fingerprint density at radius 3 is 2.87 bits per heavy atom. The van der Waals surface area contributed by atoms with Crippen LogP contribution in [0.1, 0.15) is 23.3 Å². The number of nitrogen functional groups attached to an aromatic ring is 1. The van der Waals surface area contributed by atoms with E-state index < -0.39 is 5.97 Å². The zero-order chi connectivity index (χ0) is 11.1. The van der Waals surface area contributed by atoms with E-state index in [0.29, 0.717) is 6.54 Å². The Morgan fingerprint density at radius 1 is 1.80 bits per heavy atom. The minimum absolute atomic E-state index is 0.135. The second kappa shape index (κ2) is 2.98. The van der Waals surface area contributed by atoms with Crippen LogP contribution in [-0.4, -0.2) is 20.9 Å². The predicted molar refractivity (Wildman–Crippen MR) is 50.9 cm³/mol. The standard InChI is InChI=1S/C9H10N4O2/c10-4-9(1-2-9)5-13-3-6(11)7(12-13)8(14)15/h3H,1-2,5,11H2,(H,14,15). The first-order valence-electron chi connectivity index (χ1n) is 4.54. The monoisotopic (exact) mass is 206 g/mol. The van der Waals surface area contributed by atoms with Crippen LogP contribution in [0.3, 0.4) is 0 Å². The maximum absolute atomic E-state index is 10.7. The number of hydrogen-bond donors (Lipinski definition) is 2. The third-order valence-electron chi connectivity index (χ3n) is 2.55. The summed E-state index contributed by atoms with van der Waals surface area (Å²) in [6, 6.07) is 2.21. The highest BCUT2D eigenvalue weighted by Crippen LogP contribution is 2.46. The first-order valence-corrected chi connectivity index (χ1v) is 4.54. The van der Waals surface area contributed by atoms with Gasteiger partial charge in [0.05, 0.1) is 23.7 Å². The lowest BCUT2D eigenvalue weighted by Crippen LogP contribution is -2.11. The second-order valence-electron chi connectivity index (χ2n) is 3.83. The van der Waals surface area contributed by atoms with Gasteiger partial charge in [-0.05, 0) is 12.8 Å². The van der Waals surface area contributed by atoms with Crippen LogP contribution in [-0.2, 0) is 6.54 Å². The first kappa shape index (κ1) is 9.52. The number of anilines is 1. The number of aromatic carboxylic acids is 1. The lowest BCUT2D eigenvalue weighted by atomic mass is 10.1. The number of nitrogens with zero attached hydrogens (tertiary/aromatic N) is 3. The number of aromatic nitrogens is 2. The molecule has 0 aromatic carbocycles. The van der Waals surface area contributed by atoms with Crippen molar-refractivity contribution in [2.24, 2.45) is 5.41 Å². The number of carboxylic acids is 1. The third kappa shape index (κ3) is 1.64. The summed E-state index contributed by atoms with van der Waals surface area (Å²) in [5.74, 6) is -1.15. The lowest BCUT2D eigenvalue weighted by molar-refractivity contribution is 0.0690. The van der Waals surface area contributed by atoms with E-state index >= 15 is 0 Å². The maximum Gasteiger partial charge on any atom is 0.358 e. The van der Waals surface area contributed by atoms with Gasteiger partial charge in [-0.15, -0.1) is 0 Å². The van der Waals surface area contributed by atoms with Gasteiger partial charge < -0.3 is 10.8 Å². The molecule has 0 spiro atoms. The molecule has 1 aliphatic carbocycles. The van der Waals surface area contributed by atoms with Crippen molar-refractivity contribution in [2.45, 2.75) is 19.4 Å². The van der Waals surface area contributed by atoms with E-state index in [2.05, 4.69) is 11.2 Å². The first-order chi connectivity index (χ1) is 7.06. The van der Waals surface area contributed by atoms with Crippen molar-refractivity contribution in [3.05, 3.63) is 11.9 Å². The summed E-state index contributed by atoms with van der Waals surface area (Å²) >= 11 is 0. The van der Waals surface area contributed by atoms with Crippen molar-refractivity contribution < 1.29 is 9.90 Å². The van der Waals surface area contributed by atoms with E-state index in [0.717, 1.165) is 12.8 Å². The highest BCUT2D eigenvalue weighted by molar-refractivity contribution is 5.91. The predicted octanol–water partition coefficient (Wildman–Crippen LogP) is 0.467. The topological polar surface area (TPSA) is 105 Å². The Morgan fingerprint density at radius 2 is 2.47 bits per heavy atom. The normalized spacial score (nSPS) is 17.0. The SMILES string of the molecule is N#CC1(Cn2cc(N)c(C(=O)O)n2)CC1. The highest BCUT2D eigenvalue weighted by atomic mass is 16.4. The van der Waals surface area contributed by atoms with Crippen LogP contribution < -0.4 is 5.73 Å². The molecule has 0 saturated heterocycles.